The predicted octanol–water partition coefficient (Wildman–Crippen LogP) is 1.82. The summed E-state index contributed by atoms with van der Waals surface area (Å²) in [5.41, 5.74) is 0.919. The smallest absolute Gasteiger partial charge is 0.279 e. The van der Waals surface area contributed by atoms with Crippen LogP contribution in [0.5, 0.6) is 0 Å². The van der Waals surface area contributed by atoms with E-state index >= 15 is 0 Å². The summed E-state index contributed by atoms with van der Waals surface area (Å²) < 4.78 is 28.1. The first-order valence-electron chi connectivity index (χ1n) is 7.85. The van der Waals surface area contributed by atoms with Crippen LogP contribution >= 0.6 is 0 Å². The van der Waals surface area contributed by atoms with Crippen LogP contribution in [0.1, 0.15) is 12.8 Å². The second kappa shape index (κ2) is 6.82. The maximum absolute atomic E-state index is 12.1. The minimum atomic E-state index is -3.38. The number of rotatable bonds is 8. The van der Waals surface area contributed by atoms with Gasteiger partial charge in [-0.2, -0.15) is 12.7 Å². The minimum Gasteiger partial charge on any atom is -0.369 e. The van der Waals surface area contributed by atoms with E-state index in [2.05, 4.69) is 15.0 Å². The molecule has 1 aromatic carbocycles. The highest BCUT2D eigenvalue weighted by atomic mass is 32.2. The van der Waals surface area contributed by atoms with Crippen LogP contribution in [0.3, 0.4) is 0 Å². The zero-order valence-electron chi connectivity index (χ0n) is 13.2. The fraction of sp³-hybridized carbons (Fsp3) is 0.438. The Morgan fingerprint density at radius 1 is 1.17 bits per heavy atom. The molecule has 0 spiro atoms. The number of pyridine rings is 1. The molecule has 0 unspecified atom stereocenters. The van der Waals surface area contributed by atoms with Gasteiger partial charge in [-0.15, -0.1) is 0 Å². The number of nitrogens with zero attached hydrogens (tertiary/aromatic N) is 2. The first kappa shape index (κ1) is 16.2. The van der Waals surface area contributed by atoms with Gasteiger partial charge in [0.05, 0.1) is 5.52 Å². The van der Waals surface area contributed by atoms with E-state index in [0.29, 0.717) is 25.6 Å². The largest absolute Gasteiger partial charge is 0.369 e. The van der Waals surface area contributed by atoms with E-state index in [1.54, 1.807) is 7.05 Å². The van der Waals surface area contributed by atoms with Crippen LogP contribution < -0.4 is 10.0 Å². The molecule has 0 bridgehead atoms. The molecule has 23 heavy (non-hydrogen) atoms. The second-order valence-electron chi connectivity index (χ2n) is 5.94. The highest BCUT2D eigenvalue weighted by molar-refractivity contribution is 7.87. The first-order chi connectivity index (χ1) is 11.0. The molecule has 7 heteroatoms. The van der Waals surface area contributed by atoms with Crippen molar-refractivity contribution in [3.05, 3.63) is 36.4 Å². The predicted molar refractivity (Wildman–Crippen MR) is 92.5 cm³/mol. The Morgan fingerprint density at radius 2 is 1.96 bits per heavy atom. The van der Waals surface area contributed by atoms with Crippen molar-refractivity contribution >= 4 is 26.9 Å². The summed E-state index contributed by atoms with van der Waals surface area (Å²) in [6.07, 6.45) is 2.27. The molecule has 2 N–H and O–H groups in total. The number of benzene rings is 1. The molecule has 2 aromatic rings. The van der Waals surface area contributed by atoms with Gasteiger partial charge in [0.2, 0.25) is 0 Å². The van der Waals surface area contributed by atoms with Gasteiger partial charge in [0.1, 0.15) is 5.82 Å². The Labute approximate surface area is 137 Å². The Hall–Kier alpha value is -1.70. The lowest BCUT2D eigenvalue weighted by Gasteiger charge is -2.17. The van der Waals surface area contributed by atoms with Crippen molar-refractivity contribution < 1.29 is 8.42 Å². The molecule has 124 valence electrons. The van der Waals surface area contributed by atoms with Crippen LogP contribution in [-0.2, 0) is 10.2 Å². The number of anilines is 1. The van der Waals surface area contributed by atoms with Crippen LogP contribution in [0, 0.1) is 5.92 Å². The summed E-state index contributed by atoms with van der Waals surface area (Å²) in [4.78, 5) is 4.49. The monoisotopic (exact) mass is 334 g/mol. The van der Waals surface area contributed by atoms with E-state index in [1.807, 2.05) is 36.4 Å². The van der Waals surface area contributed by atoms with Crippen molar-refractivity contribution in [3.63, 3.8) is 0 Å². The van der Waals surface area contributed by atoms with Crippen molar-refractivity contribution in [2.24, 2.45) is 5.92 Å². The van der Waals surface area contributed by atoms with Gasteiger partial charge in [-0.05, 0) is 37.0 Å². The molecule has 1 fully saturated rings. The summed E-state index contributed by atoms with van der Waals surface area (Å²) in [5, 5.41) is 4.23. The van der Waals surface area contributed by atoms with Crippen LogP contribution in [0.25, 0.3) is 10.9 Å². The molecule has 3 rings (SSSR count). The van der Waals surface area contributed by atoms with E-state index in [-0.39, 0.29) is 0 Å². The molecule has 0 aliphatic heterocycles. The van der Waals surface area contributed by atoms with Gasteiger partial charge in [0, 0.05) is 32.1 Å². The molecule has 1 heterocycles. The number of aromatic nitrogens is 1. The van der Waals surface area contributed by atoms with Crippen molar-refractivity contribution in [3.8, 4) is 0 Å². The Bertz CT molecular complexity index is 774. The zero-order chi connectivity index (χ0) is 16.3. The van der Waals surface area contributed by atoms with Crippen molar-refractivity contribution in [1.82, 2.24) is 14.0 Å². The van der Waals surface area contributed by atoms with Gasteiger partial charge in [-0.1, -0.05) is 18.2 Å². The third-order valence-corrected chi connectivity index (χ3v) is 5.48. The molecule has 0 amide bonds. The van der Waals surface area contributed by atoms with E-state index in [0.717, 1.165) is 29.6 Å². The molecule has 0 saturated heterocycles. The normalized spacial score (nSPS) is 15.2. The summed E-state index contributed by atoms with van der Waals surface area (Å²) >= 11 is 0. The van der Waals surface area contributed by atoms with E-state index in [4.69, 9.17) is 0 Å². The Balaban J connectivity index is 1.48. The summed E-state index contributed by atoms with van der Waals surface area (Å²) in [6.45, 7) is 1.42. The van der Waals surface area contributed by atoms with Gasteiger partial charge >= 0.3 is 0 Å². The fourth-order valence-corrected chi connectivity index (χ4v) is 3.39. The van der Waals surface area contributed by atoms with Crippen LogP contribution in [0.15, 0.2) is 36.4 Å². The quantitative estimate of drug-likeness (QED) is 0.722. The topological polar surface area (TPSA) is 74.3 Å². The maximum Gasteiger partial charge on any atom is 0.279 e. The van der Waals surface area contributed by atoms with E-state index in [9.17, 15) is 8.42 Å². The van der Waals surface area contributed by atoms with Crippen molar-refractivity contribution in [1.29, 1.82) is 0 Å². The number of nitrogens with one attached hydrogen (secondary N) is 2. The van der Waals surface area contributed by atoms with Crippen molar-refractivity contribution in [2.45, 2.75) is 12.8 Å². The molecular formula is C16H22N4O2S. The highest BCUT2D eigenvalue weighted by Gasteiger charge is 2.27. The zero-order valence-corrected chi connectivity index (χ0v) is 14.0. The molecule has 1 aliphatic carbocycles. The highest BCUT2D eigenvalue weighted by Crippen LogP contribution is 2.29. The van der Waals surface area contributed by atoms with E-state index in [1.165, 1.54) is 4.31 Å². The first-order valence-corrected chi connectivity index (χ1v) is 9.29. The molecule has 6 nitrogen and oxygen atoms in total. The summed E-state index contributed by atoms with van der Waals surface area (Å²) in [5.74, 6) is 1.28. The number of hydrogen-bond donors (Lipinski definition) is 2. The van der Waals surface area contributed by atoms with Crippen LogP contribution in [0.4, 0.5) is 5.82 Å². The average molecular weight is 334 g/mol. The van der Waals surface area contributed by atoms with Gasteiger partial charge < -0.3 is 5.32 Å². The SMILES string of the molecule is CN(CC1CC1)S(=O)(=O)NCCNc1ccc2ccccc2n1. The lowest BCUT2D eigenvalue weighted by molar-refractivity contribution is 0.443. The van der Waals surface area contributed by atoms with E-state index < -0.39 is 10.2 Å². The molecule has 0 radical (unpaired) electrons. The fourth-order valence-electron chi connectivity index (χ4n) is 2.41. The van der Waals surface area contributed by atoms with Gasteiger partial charge in [-0.3, -0.25) is 0 Å². The minimum absolute atomic E-state index is 0.325. The van der Waals surface area contributed by atoms with Gasteiger partial charge in [0.15, 0.2) is 0 Å². The Kier molecular flexibility index (Phi) is 4.79. The van der Waals surface area contributed by atoms with Gasteiger partial charge in [-0.25, -0.2) is 9.71 Å². The van der Waals surface area contributed by atoms with Gasteiger partial charge in [0.25, 0.3) is 10.2 Å². The maximum atomic E-state index is 12.1. The number of fused-ring (bicyclic) bond motifs is 1. The second-order valence-corrected chi connectivity index (χ2v) is 7.80. The number of hydrogen-bond acceptors (Lipinski definition) is 4. The summed E-state index contributed by atoms with van der Waals surface area (Å²) in [7, 11) is -1.76. The molecule has 1 aliphatic rings. The molecule has 1 aromatic heterocycles. The third kappa shape index (κ3) is 4.40. The average Bonchev–Trinajstić information content (AvgIpc) is 3.35. The van der Waals surface area contributed by atoms with Crippen LogP contribution in [-0.4, -0.2) is 44.4 Å². The molecule has 1 saturated carbocycles. The molecule has 0 atom stereocenters. The molecular weight excluding hydrogens is 312 g/mol. The summed E-state index contributed by atoms with van der Waals surface area (Å²) in [6, 6.07) is 11.8. The lowest BCUT2D eigenvalue weighted by Crippen LogP contribution is -2.41. The third-order valence-electron chi connectivity index (χ3n) is 3.94. The van der Waals surface area contributed by atoms with Crippen molar-refractivity contribution in [2.75, 3.05) is 32.0 Å². The standard InChI is InChI=1S/C16H22N4O2S/c1-20(12-13-6-7-13)23(21,22)18-11-10-17-16-9-8-14-4-2-3-5-15(14)19-16/h2-5,8-9,13,18H,6-7,10-12H2,1H3,(H,17,19). The number of para-hydroxylation sites is 1. The Morgan fingerprint density at radius 3 is 2.74 bits per heavy atom. The van der Waals surface area contributed by atoms with Crippen LogP contribution in [0.2, 0.25) is 0 Å². The lowest BCUT2D eigenvalue weighted by atomic mass is 10.2.